The minimum absolute atomic E-state index is 0.0727. The Morgan fingerprint density at radius 3 is 0.740 bits per heavy atom. The number of ether oxygens (including phenoxy) is 3. The highest BCUT2D eigenvalue weighted by atomic mass is 16.6. The van der Waals surface area contributed by atoms with Gasteiger partial charge >= 0.3 is 17.9 Å². The third-order valence-corrected chi connectivity index (χ3v) is 15.3. The molecule has 0 N–H and O–H groups in total. The first-order chi connectivity index (χ1) is 38.0. The van der Waals surface area contributed by atoms with Gasteiger partial charge in [-0.05, 0) is 83.5 Å². The summed E-state index contributed by atoms with van der Waals surface area (Å²) >= 11 is 0. The fourth-order valence-electron chi connectivity index (χ4n) is 10.2. The smallest absolute Gasteiger partial charge is 0.306 e. The van der Waals surface area contributed by atoms with Crippen molar-refractivity contribution in [3.05, 3.63) is 48.6 Å². The topological polar surface area (TPSA) is 78.9 Å². The molecule has 0 unspecified atom stereocenters. The molecule has 0 aromatic carbocycles. The zero-order valence-electron chi connectivity index (χ0n) is 51.7. The van der Waals surface area contributed by atoms with E-state index in [1.54, 1.807) is 0 Å². The predicted octanol–water partition coefficient (Wildman–Crippen LogP) is 23.3. The molecule has 0 aromatic heterocycles. The predicted molar refractivity (Wildman–Crippen MR) is 335 cm³/mol. The average molecular weight is 1080 g/mol. The van der Waals surface area contributed by atoms with Crippen molar-refractivity contribution < 1.29 is 28.6 Å². The number of allylic oxidation sites excluding steroid dienone is 8. The van der Waals surface area contributed by atoms with Gasteiger partial charge in [-0.1, -0.05) is 313 Å². The third-order valence-electron chi connectivity index (χ3n) is 15.3. The first-order valence-electron chi connectivity index (χ1n) is 34.1. The zero-order chi connectivity index (χ0) is 55.7. The Morgan fingerprint density at radius 1 is 0.260 bits per heavy atom. The summed E-state index contributed by atoms with van der Waals surface area (Å²) < 4.78 is 17.0. The second kappa shape index (κ2) is 65.9. The Morgan fingerprint density at radius 2 is 0.468 bits per heavy atom. The van der Waals surface area contributed by atoms with E-state index in [0.717, 1.165) is 70.6 Å². The lowest BCUT2D eigenvalue weighted by Crippen LogP contribution is -2.30. The van der Waals surface area contributed by atoms with E-state index in [1.165, 1.54) is 257 Å². The fraction of sp³-hybridized carbons (Fsp3) is 0.845. The van der Waals surface area contributed by atoms with Crippen LogP contribution in [-0.4, -0.2) is 37.2 Å². The molecule has 6 nitrogen and oxygen atoms in total. The molecule has 0 radical (unpaired) electrons. The maximum atomic E-state index is 13.0. The van der Waals surface area contributed by atoms with E-state index < -0.39 is 6.10 Å². The number of carbonyl (C=O) groups excluding carboxylic acids is 3. The van der Waals surface area contributed by atoms with Crippen LogP contribution in [0.25, 0.3) is 0 Å². The van der Waals surface area contributed by atoms with Gasteiger partial charge in [0, 0.05) is 19.3 Å². The molecule has 0 amide bonds. The Balaban J connectivity index is 4.34. The van der Waals surface area contributed by atoms with Crippen LogP contribution in [0.15, 0.2) is 48.6 Å². The van der Waals surface area contributed by atoms with Gasteiger partial charge in [-0.2, -0.15) is 0 Å². The summed E-state index contributed by atoms with van der Waals surface area (Å²) in [6.45, 7) is 6.65. The molecule has 0 atom stereocenters. The molecule has 0 aliphatic rings. The van der Waals surface area contributed by atoms with Gasteiger partial charge in [-0.3, -0.25) is 14.4 Å². The minimum atomic E-state index is -0.776. The SMILES string of the molecule is CCCCC/C=C\C/C=C\CCCCCCCCCCCC(=O)OCC(COC(=O)CCCCCCCCCCC/C=C\C/C=C\CCCCC)OC(=O)CCCCCCCCCCCCCCCCCCCCCCC. The van der Waals surface area contributed by atoms with E-state index in [1.807, 2.05) is 0 Å². The molecule has 0 bridgehead atoms. The summed E-state index contributed by atoms with van der Waals surface area (Å²) in [4.78, 5) is 38.4. The van der Waals surface area contributed by atoms with Crippen molar-refractivity contribution >= 4 is 17.9 Å². The first kappa shape index (κ1) is 74.4. The molecule has 0 saturated carbocycles. The summed E-state index contributed by atoms with van der Waals surface area (Å²) in [6, 6.07) is 0. The number of carbonyl (C=O) groups is 3. The van der Waals surface area contributed by atoms with Crippen molar-refractivity contribution in [3.8, 4) is 0 Å². The molecule has 0 aliphatic heterocycles. The van der Waals surface area contributed by atoms with Crippen molar-refractivity contribution in [1.82, 2.24) is 0 Å². The van der Waals surface area contributed by atoms with E-state index in [4.69, 9.17) is 14.2 Å². The van der Waals surface area contributed by atoms with Crippen LogP contribution < -0.4 is 0 Å². The molecular weight excluding hydrogens is 949 g/mol. The number of hydrogen-bond donors (Lipinski definition) is 0. The van der Waals surface area contributed by atoms with Crippen LogP contribution in [-0.2, 0) is 28.6 Å². The van der Waals surface area contributed by atoms with Gasteiger partial charge in [-0.15, -0.1) is 0 Å². The van der Waals surface area contributed by atoms with Gasteiger partial charge in [0.1, 0.15) is 13.2 Å². The van der Waals surface area contributed by atoms with Crippen LogP contribution in [0.3, 0.4) is 0 Å². The molecule has 0 aromatic rings. The van der Waals surface area contributed by atoms with Gasteiger partial charge < -0.3 is 14.2 Å². The quantitative estimate of drug-likeness (QED) is 0.0261. The molecule has 0 fully saturated rings. The first-order valence-corrected chi connectivity index (χ1v) is 34.1. The number of unbranched alkanes of at least 4 members (excludes halogenated alkanes) is 44. The Kier molecular flexibility index (Phi) is 63.6. The second-order valence-electron chi connectivity index (χ2n) is 23.1. The van der Waals surface area contributed by atoms with Gasteiger partial charge in [0.2, 0.25) is 0 Å². The number of hydrogen-bond acceptors (Lipinski definition) is 6. The van der Waals surface area contributed by atoms with Crippen molar-refractivity contribution in [1.29, 1.82) is 0 Å². The molecular formula is C71H130O6. The van der Waals surface area contributed by atoms with Crippen molar-refractivity contribution in [2.45, 2.75) is 374 Å². The summed E-state index contributed by atoms with van der Waals surface area (Å²) in [6.07, 6.45) is 82.6. The summed E-state index contributed by atoms with van der Waals surface area (Å²) in [5.41, 5.74) is 0. The molecule has 0 heterocycles. The molecule has 77 heavy (non-hydrogen) atoms. The average Bonchev–Trinajstić information content (AvgIpc) is 3.43. The lowest BCUT2D eigenvalue weighted by molar-refractivity contribution is -0.167. The van der Waals surface area contributed by atoms with Gasteiger partial charge in [-0.25, -0.2) is 0 Å². The minimum Gasteiger partial charge on any atom is -0.462 e. The van der Waals surface area contributed by atoms with Gasteiger partial charge in [0.25, 0.3) is 0 Å². The molecule has 0 rings (SSSR count). The molecule has 6 heteroatoms. The van der Waals surface area contributed by atoms with Crippen LogP contribution >= 0.6 is 0 Å². The van der Waals surface area contributed by atoms with Crippen molar-refractivity contribution in [2.24, 2.45) is 0 Å². The van der Waals surface area contributed by atoms with Crippen LogP contribution in [0.5, 0.6) is 0 Å². The van der Waals surface area contributed by atoms with Crippen LogP contribution in [0.4, 0.5) is 0 Å². The van der Waals surface area contributed by atoms with Crippen molar-refractivity contribution in [3.63, 3.8) is 0 Å². The highest BCUT2D eigenvalue weighted by molar-refractivity contribution is 5.71. The third kappa shape index (κ3) is 64.1. The zero-order valence-corrected chi connectivity index (χ0v) is 51.7. The van der Waals surface area contributed by atoms with Crippen LogP contribution in [0.1, 0.15) is 367 Å². The van der Waals surface area contributed by atoms with E-state index in [0.29, 0.717) is 19.3 Å². The summed E-state index contributed by atoms with van der Waals surface area (Å²) in [7, 11) is 0. The fourth-order valence-corrected chi connectivity index (χ4v) is 10.2. The van der Waals surface area contributed by atoms with Gasteiger partial charge in [0.15, 0.2) is 6.10 Å². The Labute approximate surface area is 479 Å². The maximum Gasteiger partial charge on any atom is 0.306 e. The Hall–Kier alpha value is -2.63. The summed E-state index contributed by atoms with van der Waals surface area (Å²) in [5, 5.41) is 0. The monoisotopic (exact) mass is 1080 g/mol. The van der Waals surface area contributed by atoms with Crippen molar-refractivity contribution in [2.75, 3.05) is 13.2 Å². The highest BCUT2D eigenvalue weighted by Gasteiger charge is 2.19. The molecule has 0 spiro atoms. The molecule has 450 valence electrons. The lowest BCUT2D eigenvalue weighted by atomic mass is 10.0. The van der Waals surface area contributed by atoms with E-state index in [-0.39, 0.29) is 31.1 Å². The summed E-state index contributed by atoms with van der Waals surface area (Å²) in [5.74, 6) is -0.854. The maximum absolute atomic E-state index is 13.0. The Bertz CT molecular complexity index is 1260. The standard InChI is InChI=1S/C71H130O6/c1-4-7-10-13-16-19-22-25-28-31-34-35-38-41-44-47-50-53-56-59-62-65-71(74)77-68(66-75-69(72)63-60-57-54-51-48-45-42-39-36-32-29-26-23-20-17-14-11-8-5-2)67-76-70(73)64-61-58-55-52-49-46-43-40-37-33-30-27-24-21-18-15-12-9-6-3/h17-18,20-21,26-27,29-30,68H,4-16,19,22-25,28,31-67H2,1-3H3/b20-17-,21-18-,29-26-,30-27-. The number of rotatable bonds is 63. The van der Waals surface area contributed by atoms with E-state index in [9.17, 15) is 14.4 Å². The molecule has 0 saturated heterocycles. The van der Waals surface area contributed by atoms with Crippen LogP contribution in [0, 0.1) is 0 Å². The van der Waals surface area contributed by atoms with E-state index in [2.05, 4.69) is 69.4 Å². The van der Waals surface area contributed by atoms with Gasteiger partial charge in [0.05, 0.1) is 0 Å². The normalized spacial score (nSPS) is 11.9. The lowest BCUT2D eigenvalue weighted by Gasteiger charge is -2.18. The highest BCUT2D eigenvalue weighted by Crippen LogP contribution is 2.18. The second-order valence-corrected chi connectivity index (χ2v) is 23.1. The van der Waals surface area contributed by atoms with Crippen LogP contribution in [0.2, 0.25) is 0 Å². The number of esters is 3. The van der Waals surface area contributed by atoms with E-state index >= 15 is 0 Å². The molecule has 0 aliphatic carbocycles. The largest absolute Gasteiger partial charge is 0.462 e.